The van der Waals surface area contributed by atoms with Gasteiger partial charge in [0.1, 0.15) is 0 Å². The molecule has 0 aromatic heterocycles. The van der Waals surface area contributed by atoms with Gasteiger partial charge in [-0.05, 0) is 43.1 Å². The number of carbonyl (C=O) groups is 1. The number of anilines is 1. The first-order chi connectivity index (χ1) is 14.5. The minimum absolute atomic E-state index is 0.140. The first-order valence-corrected chi connectivity index (χ1v) is 11.7. The summed E-state index contributed by atoms with van der Waals surface area (Å²) in [6.45, 7) is 2.63. The highest BCUT2D eigenvalue weighted by molar-refractivity contribution is 7.89. The van der Waals surface area contributed by atoms with Crippen LogP contribution in [-0.2, 0) is 19.6 Å². The van der Waals surface area contributed by atoms with Gasteiger partial charge in [0.2, 0.25) is 15.9 Å². The van der Waals surface area contributed by atoms with Crippen molar-refractivity contribution in [2.75, 3.05) is 44.7 Å². The average Bonchev–Trinajstić information content (AvgIpc) is 3.23. The molecule has 7 nitrogen and oxygen atoms in total. The first-order valence-electron chi connectivity index (χ1n) is 10.3. The summed E-state index contributed by atoms with van der Waals surface area (Å²) in [5, 5.41) is 2.87. The summed E-state index contributed by atoms with van der Waals surface area (Å²) in [5.41, 5.74) is 1.71. The maximum absolute atomic E-state index is 12.9. The van der Waals surface area contributed by atoms with E-state index in [1.165, 1.54) is 15.9 Å². The predicted molar refractivity (Wildman–Crippen MR) is 115 cm³/mol. The number of nitrogens with zero attached hydrogens (tertiary/aromatic N) is 2. The molecule has 2 aliphatic heterocycles. The molecule has 1 amide bonds. The van der Waals surface area contributed by atoms with Crippen LogP contribution in [0.15, 0.2) is 59.5 Å². The van der Waals surface area contributed by atoms with Crippen molar-refractivity contribution in [1.29, 1.82) is 0 Å². The Bertz CT molecular complexity index is 975. The molecule has 2 fully saturated rings. The molecule has 160 valence electrons. The predicted octanol–water partition coefficient (Wildman–Crippen LogP) is 2.48. The fourth-order valence-electron chi connectivity index (χ4n) is 4.12. The number of rotatable bonds is 6. The van der Waals surface area contributed by atoms with Gasteiger partial charge in [0.05, 0.1) is 24.7 Å². The van der Waals surface area contributed by atoms with E-state index in [1.54, 1.807) is 18.2 Å². The maximum Gasteiger partial charge on any atom is 0.243 e. The highest BCUT2D eigenvalue weighted by Gasteiger charge is 2.28. The molecule has 0 radical (unpaired) electrons. The van der Waals surface area contributed by atoms with E-state index in [-0.39, 0.29) is 23.4 Å². The summed E-state index contributed by atoms with van der Waals surface area (Å²) in [6.07, 6.45) is 2.09. The standard InChI is InChI=1S/C22H27N3O4S/c26-22(17-24-11-5-10-21(24)18-6-2-1-3-7-18)23-19-8-4-9-20(16-19)30(27,28)25-12-14-29-15-13-25/h1-4,6-9,16,21H,5,10-15,17H2,(H,23,26). The number of ether oxygens (including phenoxy) is 1. The van der Waals surface area contributed by atoms with Gasteiger partial charge in [0.15, 0.2) is 0 Å². The zero-order chi connectivity index (χ0) is 21.0. The second kappa shape index (κ2) is 9.26. The van der Waals surface area contributed by atoms with Gasteiger partial charge in [-0.15, -0.1) is 0 Å². The monoisotopic (exact) mass is 429 g/mol. The van der Waals surface area contributed by atoms with Gasteiger partial charge in [0, 0.05) is 24.8 Å². The normalized spacial score (nSPS) is 20.9. The van der Waals surface area contributed by atoms with Crippen molar-refractivity contribution in [1.82, 2.24) is 9.21 Å². The van der Waals surface area contributed by atoms with Crippen LogP contribution in [-0.4, -0.2) is 62.9 Å². The second-order valence-corrected chi connectivity index (χ2v) is 9.57. The van der Waals surface area contributed by atoms with Gasteiger partial charge in [-0.1, -0.05) is 36.4 Å². The highest BCUT2D eigenvalue weighted by Crippen LogP contribution is 2.31. The minimum Gasteiger partial charge on any atom is -0.379 e. The molecule has 0 aliphatic carbocycles. The summed E-state index contributed by atoms with van der Waals surface area (Å²) in [7, 11) is -3.60. The lowest BCUT2D eigenvalue weighted by Gasteiger charge is -2.26. The molecule has 1 N–H and O–H groups in total. The van der Waals surface area contributed by atoms with Crippen LogP contribution in [0.25, 0.3) is 0 Å². The van der Waals surface area contributed by atoms with Crippen LogP contribution >= 0.6 is 0 Å². The van der Waals surface area contributed by atoms with Crippen LogP contribution in [0.5, 0.6) is 0 Å². The topological polar surface area (TPSA) is 79.0 Å². The number of morpholine rings is 1. The number of nitrogens with one attached hydrogen (secondary N) is 1. The number of sulfonamides is 1. The quantitative estimate of drug-likeness (QED) is 0.763. The minimum atomic E-state index is -3.60. The maximum atomic E-state index is 12.9. The fraction of sp³-hybridized carbons (Fsp3) is 0.409. The molecular formula is C22H27N3O4S. The third-order valence-electron chi connectivity index (χ3n) is 5.62. The van der Waals surface area contributed by atoms with Crippen LogP contribution < -0.4 is 5.32 Å². The number of likely N-dealkylation sites (tertiary alicyclic amines) is 1. The Kier molecular flexibility index (Phi) is 6.48. The Morgan fingerprint density at radius 2 is 1.80 bits per heavy atom. The fourth-order valence-corrected chi connectivity index (χ4v) is 5.58. The number of benzene rings is 2. The van der Waals surface area contributed by atoms with Gasteiger partial charge < -0.3 is 10.1 Å². The van der Waals surface area contributed by atoms with E-state index >= 15 is 0 Å². The summed E-state index contributed by atoms with van der Waals surface area (Å²) >= 11 is 0. The lowest BCUT2D eigenvalue weighted by atomic mass is 10.0. The average molecular weight is 430 g/mol. The van der Waals surface area contributed by atoms with Crippen molar-refractivity contribution in [3.05, 3.63) is 60.2 Å². The lowest BCUT2D eigenvalue weighted by molar-refractivity contribution is -0.117. The molecule has 8 heteroatoms. The number of carbonyl (C=O) groups excluding carboxylic acids is 1. The largest absolute Gasteiger partial charge is 0.379 e. The Morgan fingerprint density at radius 1 is 1.03 bits per heavy atom. The molecule has 2 aliphatic rings. The molecule has 2 heterocycles. The molecular weight excluding hydrogens is 402 g/mol. The zero-order valence-corrected chi connectivity index (χ0v) is 17.7. The molecule has 0 spiro atoms. The van der Waals surface area contributed by atoms with Crippen molar-refractivity contribution in [2.45, 2.75) is 23.8 Å². The van der Waals surface area contributed by atoms with E-state index < -0.39 is 10.0 Å². The van der Waals surface area contributed by atoms with Gasteiger partial charge in [-0.2, -0.15) is 4.31 Å². The van der Waals surface area contributed by atoms with E-state index in [4.69, 9.17) is 4.74 Å². The van der Waals surface area contributed by atoms with E-state index in [2.05, 4.69) is 22.3 Å². The van der Waals surface area contributed by atoms with E-state index in [1.807, 2.05) is 18.2 Å². The molecule has 0 saturated carbocycles. The van der Waals surface area contributed by atoms with Crippen molar-refractivity contribution >= 4 is 21.6 Å². The van der Waals surface area contributed by atoms with Crippen LogP contribution in [0.2, 0.25) is 0 Å². The third kappa shape index (κ3) is 4.73. The van der Waals surface area contributed by atoms with Gasteiger partial charge in [-0.25, -0.2) is 8.42 Å². The summed E-state index contributed by atoms with van der Waals surface area (Å²) < 4.78 is 32.4. The Hall–Kier alpha value is -2.26. The van der Waals surface area contributed by atoms with Crippen LogP contribution in [0.3, 0.4) is 0 Å². The number of hydrogen-bond acceptors (Lipinski definition) is 5. The van der Waals surface area contributed by atoms with Crippen molar-refractivity contribution in [3.8, 4) is 0 Å². The van der Waals surface area contributed by atoms with Crippen molar-refractivity contribution in [2.24, 2.45) is 0 Å². The molecule has 2 aromatic carbocycles. The summed E-state index contributed by atoms with van der Waals surface area (Å²) in [4.78, 5) is 15.0. The first kappa shape index (κ1) is 21.0. The van der Waals surface area contributed by atoms with Crippen LogP contribution in [0.1, 0.15) is 24.4 Å². The second-order valence-electron chi connectivity index (χ2n) is 7.63. The molecule has 0 bridgehead atoms. The van der Waals surface area contributed by atoms with E-state index in [0.29, 0.717) is 32.0 Å². The van der Waals surface area contributed by atoms with Crippen LogP contribution in [0, 0.1) is 0 Å². The Morgan fingerprint density at radius 3 is 2.57 bits per heavy atom. The molecule has 4 rings (SSSR count). The Labute approximate surface area is 177 Å². The van der Waals surface area contributed by atoms with E-state index in [0.717, 1.165) is 19.4 Å². The van der Waals surface area contributed by atoms with Crippen molar-refractivity contribution in [3.63, 3.8) is 0 Å². The lowest BCUT2D eigenvalue weighted by Crippen LogP contribution is -2.40. The van der Waals surface area contributed by atoms with Gasteiger partial charge >= 0.3 is 0 Å². The summed E-state index contributed by atoms with van der Waals surface area (Å²) in [5.74, 6) is -0.140. The SMILES string of the molecule is O=C(CN1CCCC1c1ccccc1)Nc1cccc(S(=O)(=O)N2CCOCC2)c1. The molecule has 30 heavy (non-hydrogen) atoms. The number of hydrogen-bond donors (Lipinski definition) is 1. The molecule has 2 aromatic rings. The summed E-state index contributed by atoms with van der Waals surface area (Å²) in [6, 6.07) is 16.9. The van der Waals surface area contributed by atoms with Gasteiger partial charge in [-0.3, -0.25) is 9.69 Å². The van der Waals surface area contributed by atoms with Gasteiger partial charge in [0.25, 0.3) is 0 Å². The molecule has 1 atom stereocenters. The van der Waals surface area contributed by atoms with Crippen molar-refractivity contribution < 1.29 is 17.9 Å². The third-order valence-corrected chi connectivity index (χ3v) is 7.51. The van der Waals surface area contributed by atoms with E-state index in [9.17, 15) is 13.2 Å². The zero-order valence-electron chi connectivity index (χ0n) is 16.9. The molecule has 2 saturated heterocycles. The number of amides is 1. The smallest absolute Gasteiger partial charge is 0.243 e. The Balaban J connectivity index is 1.42. The molecule has 1 unspecified atom stereocenters. The van der Waals surface area contributed by atoms with Crippen LogP contribution in [0.4, 0.5) is 5.69 Å². The highest BCUT2D eigenvalue weighted by atomic mass is 32.2.